The van der Waals surface area contributed by atoms with E-state index in [-0.39, 0.29) is 47.4 Å². The summed E-state index contributed by atoms with van der Waals surface area (Å²) in [5.41, 5.74) is 8.14. The van der Waals surface area contributed by atoms with Crippen LogP contribution in [0.5, 0.6) is 0 Å². The van der Waals surface area contributed by atoms with Crippen LogP contribution in [0.4, 0.5) is 8.78 Å². The zero-order valence-electron chi connectivity index (χ0n) is 17.6. The lowest BCUT2D eigenvalue weighted by molar-refractivity contribution is -0.141. The minimum atomic E-state index is -0.349. The summed E-state index contributed by atoms with van der Waals surface area (Å²) in [7, 11) is 0. The van der Waals surface area contributed by atoms with Crippen molar-refractivity contribution in [2.24, 2.45) is 5.92 Å². The maximum Gasteiger partial charge on any atom is 0.241 e. The summed E-state index contributed by atoms with van der Waals surface area (Å²) in [5.74, 6) is -0.281. The first-order valence-electron chi connectivity index (χ1n) is 11.1. The first-order chi connectivity index (χ1) is 15.5. The van der Waals surface area contributed by atoms with Crippen molar-refractivity contribution in [3.8, 4) is 0 Å². The van der Waals surface area contributed by atoms with Crippen molar-refractivity contribution >= 4 is 11.8 Å². The summed E-state index contributed by atoms with van der Waals surface area (Å²) >= 11 is 0. The molecular formula is C24H26F2N4O2. The smallest absolute Gasteiger partial charge is 0.241 e. The van der Waals surface area contributed by atoms with E-state index in [0.29, 0.717) is 32.6 Å². The molecular weight excluding hydrogens is 414 g/mol. The maximum absolute atomic E-state index is 13.1. The summed E-state index contributed by atoms with van der Waals surface area (Å²) in [6, 6.07) is 12.3. The second-order valence-electron chi connectivity index (χ2n) is 8.83. The predicted octanol–water partition coefficient (Wildman–Crippen LogP) is 2.35. The number of carbonyl (C=O) groups excluding carboxylic acids is 2. The maximum atomic E-state index is 13.1. The van der Waals surface area contributed by atoms with Gasteiger partial charge in [-0.25, -0.2) is 19.6 Å². The van der Waals surface area contributed by atoms with E-state index < -0.39 is 0 Å². The summed E-state index contributed by atoms with van der Waals surface area (Å²) in [6.45, 7) is 2.08. The number of piperazine rings is 1. The molecule has 4 unspecified atom stereocenters. The summed E-state index contributed by atoms with van der Waals surface area (Å²) < 4.78 is 26.3. The number of nitrogens with one attached hydrogen (secondary N) is 2. The van der Waals surface area contributed by atoms with E-state index in [9.17, 15) is 18.4 Å². The fourth-order valence-corrected chi connectivity index (χ4v) is 4.78. The number of hydrogen-bond donors (Lipinski definition) is 2. The van der Waals surface area contributed by atoms with Crippen LogP contribution in [0.3, 0.4) is 0 Å². The minimum Gasteiger partial charge on any atom is -0.339 e. The van der Waals surface area contributed by atoms with Gasteiger partial charge in [-0.05, 0) is 54.2 Å². The van der Waals surface area contributed by atoms with Gasteiger partial charge >= 0.3 is 0 Å². The van der Waals surface area contributed by atoms with E-state index in [1.807, 2.05) is 4.90 Å². The first-order valence-corrected chi connectivity index (χ1v) is 11.1. The predicted molar refractivity (Wildman–Crippen MR) is 114 cm³/mol. The van der Waals surface area contributed by atoms with Gasteiger partial charge in [0.25, 0.3) is 0 Å². The number of hydrazine groups is 1. The van der Waals surface area contributed by atoms with Crippen molar-refractivity contribution < 1.29 is 18.4 Å². The van der Waals surface area contributed by atoms with Crippen LogP contribution in [0.1, 0.15) is 35.9 Å². The molecule has 1 aliphatic carbocycles. The van der Waals surface area contributed by atoms with Gasteiger partial charge in [0.2, 0.25) is 11.8 Å². The zero-order valence-corrected chi connectivity index (χ0v) is 17.6. The van der Waals surface area contributed by atoms with Crippen molar-refractivity contribution in [3.63, 3.8) is 0 Å². The molecule has 3 aliphatic rings. The van der Waals surface area contributed by atoms with Gasteiger partial charge in [-0.3, -0.25) is 9.59 Å². The lowest BCUT2D eigenvalue weighted by atomic mass is 10.0. The molecule has 6 nitrogen and oxygen atoms in total. The van der Waals surface area contributed by atoms with Crippen LogP contribution in [-0.2, 0) is 9.59 Å². The van der Waals surface area contributed by atoms with Gasteiger partial charge in [-0.2, -0.15) is 0 Å². The van der Waals surface area contributed by atoms with Gasteiger partial charge in [-0.1, -0.05) is 24.3 Å². The van der Waals surface area contributed by atoms with Gasteiger partial charge in [0.05, 0.1) is 0 Å². The van der Waals surface area contributed by atoms with Crippen molar-refractivity contribution in [2.75, 3.05) is 26.2 Å². The highest BCUT2D eigenvalue weighted by Gasteiger charge is 2.46. The Hall–Kier alpha value is -2.84. The van der Waals surface area contributed by atoms with Gasteiger partial charge in [-0.15, -0.1) is 0 Å². The normalized spacial score (nSPS) is 27.4. The molecule has 1 saturated carbocycles. The molecule has 168 valence electrons. The number of carbonyl (C=O) groups is 2. The lowest BCUT2D eigenvalue weighted by Gasteiger charge is -2.36. The lowest BCUT2D eigenvalue weighted by Crippen LogP contribution is -2.55. The molecule has 2 amide bonds. The van der Waals surface area contributed by atoms with E-state index in [0.717, 1.165) is 17.5 Å². The largest absolute Gasteiger partial charge is 0.339 e. The summed E-state index contributed by atoms with van der Waals surface area (Å²) in [6.07, 6.45) is 1.39. The highest BCUT2D eigenvalue weighted by Crippen LogP contribution is 2.48. The zero-order chi connectivity index (χ0) is 22.2. The van der Waals surface area contributed by atoms with Crippen LogP contribution in [0.2, 0.25) is 0 Å². The molecule has 2 saturated heterocycles. The minimum absolute atomic E-state index is 0.0184. The highest BCUT2D eigenvalue weighted by molar-refractivity contribution is 5.84. The molecule has 5 rings (SSSR count). The van der Waals surface area contributed by atoms with E-state index in [1.54, 1.807) is 29.2 Å². The van der Waals surface area contributed by atoms with Crippen LogP contribution in [0.25, 0.3) is 0 Å². The van der Waals surface area contributed by atoms with E-state index in [1.165, 1.54) is 24.3 Å². The van der Waals surface area contributed by atoms with Crippen molar-refractivity contribution in [1.82, 2.24) is 20.7 Å². The molecule has 0 bridgehead atoms. The van der Waals surface area contributed by atoms with Crippen molar-refractivity contribution in [3.05, 3.63) is 71.3 Å². The number of nitrogens with zero attached hydrogens (tertiary/aromatic N) is 2. The van der Waals surface area contributed by atoms with Crippen LogP contribution in [0.15, 0.2) is 48.5 Å². The van der Waals surface area contributed by atoms with E-state index in [2.05, 4.69) is 10.9 Å². The molecule has 3 fully saturated rings. The Bertz CT molecular complexity index is 990. The van der Waals surface area contributed by atoms with Crippen molar-refractivity contribution in [2.45, 2.75) is 30.8 Å². The van der Waals surface area contributed by atoms with Crippen LogP contribution >= 0.6 is 0 Å². The second kappa shape index (κ2) is 8.60. The first kappa shape index (κ1) is 21.0. The molecule has 2 aliphatic heterocycles. The Labute approximate surface area is 185 Å². The molecule has 0 spiro atoms. The molecule has 4 atom stereocenters. The monoisotopic (exact) mass is 440 g/mol. The standard InChI is InChI=1S/C24H26F2N4O2/c25-17-5-1-15(2-6-17)19-13-20(19)23(31)29-9-11-30(12-10-29)24(32)22-14-21(27-28-22)16-3-7-18(26)8-4-16/h1-8,19-22,27-28H,9-14H2. The molecule has 8 heteroatoms. The Morgan fingerprint density at radius 1 is 0.719 bits per heavy atom. The molecule has 2 aromatic carbocycles. The number of halogens is 2. The molecule has 2 heterocycles. The van der Waals surface area contributed by atoms with Gasteiger partial charge < -0.3 is 9.80 Å². The van der Waals surface area contributed by atoms with Gasteiger partial charge in [0.1, 0.15) is 17.7 Å². The Balaban J connectivity index is 1.11. The number of rotatable bonds is 4. The van der Waals surface area contributed by atoms with Crippen molar-refractivity contribution in [1.29, 1.82) is 0 Å². The molecule has 0 radical (unpaired) electrons. The third-order valence-corrected chi connectivity index (χ3v) is 6.78. The number of amides is 2. The third kappa shape index (κ3) is 4.25. The van der Waals surface area contributed by atoms with Crippen LogP contribution in [-0.4, -0.2) is 53.8 Å². The van der Waals surface area contributed by atoms with Crippen LogP contribution < -0.4 is 10.9 Å². The highest BCUT2D eigenvalue weighted by atomic mass is 19.1. The third-order valence-electron chi connectivity index (χ3n) is 6.78. The molecule has 2 N–H and O–H groups in total. The summed E-state index contributed by atoms with van der Waals surface area (Å²) in [5, 5.41) is 0. The number of benzene rings is 2. The van der Waals surface area contributed by atoms with Gasteiger partial charge in [0.15, 0.2) is 0 Å². The fraction of sp³-hybridized carbons (Fsp3) is 0.417. The Morgan fingerprint density at radius 3 is 1.84 bits per heavy atom. The summed E-state index contributed by atoms with van der Waals surface area (Å²) in [4.78, 5) is 29.5. The van der Waals surface area contributed by atoms with Gasteiger partial charge in [0, 0.05) is 38.1 Å². The van der Waals surface area contributed by atoms with Crippen LogP contribution in [0, 0.1) is 17.6 Å². The van der Waals surface area contributed by atoms with E-state index in [4.69, 9.17) is 0 Å². The fourth-order valence-electron chi connectivity index (χ4n) is 4.78. The SMILES string of the molecule is O=C(C1CC(c2ccc(F)cc2)NN1)N1CCN(C(=O)C2CC2c2ccc(F)cc2)CC1. The molecule has 0 aromatic heterocycles. The average Bonchev–Trinajstić information content (AvgIpc) is 3.46. The Kier molecular flexibility index (Phi) is 5.65. The quantitative estimate of drug-likeness (QED) is 0.766. The molecule has 32 heavy (non-hydrogen) atoms. The topological polar surface area (TPSA) is 64.7 Å². The second-order valence-corrected chi connectivity index (χ2v) is 8.83. The Morgan fingerprint density at radius 2 is 1.25 bits per heavy atom. The average molecular weight is 440 g/mol. The molecule has 2 aromatic rings. The van der Waals surface area contributed by atoms with E-state index >= 15 is 0 Å². The number of hydrogen-bond acceptors (Lipinski definition) is 4.